The number of hydrogen-bond donors (Lipinski definition) is 1. The molecule has 36 heavy (non-hydrogen) atoms. The van der Waals surface area contributed by atoms with Gasteiger partial charge in [-0.15, -0.1) is 0 Å². The van der Waals surface area contributed by atoms with Crippen molar-refractivity contribution in [1.82, 2.24) is 15.1 Å². The second-order valence-electron chi connectivity index (χ2n) is 9.71. The number of fused-ring (bicyclic) bond motifs is 1. The molecule has 0 spiro atoms. The molecule has 2 aliphatic rings. The lowest BCUT2D eigenvalue weighted by Gasteiger charge is -2.37. The average molecular weight is 496 g/mol. The normalized spacial score (nSPS) is 19.5. The highest BCUT2D eigenvalue weighted by atomic mass is 19.3. The number of amides is 1. The van der Waals surface area contributed by atoms with Gasteiger partial charge < -0.3 is 19.9 Å². The number of piperazine rings is 1. The van der Waals surface area contributed by atoms with Crippen molar-refractivity contribution in [3.63, 3.8) is 0 Å². The van der Waals surface area contributed by atoms with Crippen LogP contribution in [0, 0.1) is 5.92 Å². The number of rotatable bonds is 6. The van der Waals surface area contributed by atoms with Gasteiger partial charge in [0, 0.05) is 62.4 Å². The zero-order valence-corrected chi connectivity index (χ0v) is 20.6. The van der Waals surface area contributed by atoms with Gasteiger partial charge in [0.1, 0.15) is 0 Å². The van der Waals surface area contributed by atoms with Crippen molar-refractivity contribution >= 4 is 28.2 Å². The monoisotopic (exact) mass is 495 g/mol. The summed E-state index contributed by atoms with van der Waals surface area (Å²) < 4.78 is 33.0. The van der Waals surface area contributed by atoms with Crippen molar-refractivity contribution in [3.05, 3.63) is 59.8 Å². The Hall–Kier alpha value is -3.33. The van der Waals surface area contributed by atoms with Gasteiger partial charge in [0.05, 0.1) is 29.9 Å². The molecule has 2 saturated heterocycles. The molecular formula is C27H31F2N5O2. The molecule has 1 aromatic heterocycles. The lowest BCUT2D eigenvalue weighted by molar-refractivity contribution is -0.135. The Morgan fingerprint density at radius 2 is 1.97 bits per heavy atom. The fourth-order valence-electron chi connectivity index (χ4n) is 4.93. The van der Waals surface area contributed by atoms with Gasteiger partial charge in [0.25, 0.3) is 5.92 Å². The van der Waals surface area contributed by atoms with Crippen molar-refractivity contribution < 1.29 is 18.3 Å². The van der Waals surface area contributed by atoms with Crippen molar-refractivity contribution in [1.29, 1.82) is 0 Å². The fourth-order valence-corrected chi connectivity index (χ4v) is 4.93. The van der Waals surface area contributed by atoms with E-state index in [0.717, 1.165) is 54.3 Å². The van der Waals surface area contributed by atoms with Crippen LogP contribution in [0.2, 0.25) is 0 Å². The smallest absolute Gasteiger partial charge is 0.270 e. The molecule has 0 aliphatic carbocycles. The number of carbonyl (C=O) groups is 1. The highest BCUT2D eigenvalue weighted by molar-refractivity contribution is 5.93. The molecule has 0 radical (unpaired) electrons. The second-order valence-corrected chi connectivity index (χ2v) is 9.71. The average Bonchev–Trinajstić information content (AvgIpc) is 3.43. The first-order chi connectivity index (χ1) is 17.3. The van der Waals surface area contributed by atoms with Gasteiger partial charge in [-0.25, -0.2) is 8.78 Å². The summed E-state index contributed by atoms with van der Waals surface area (Å²) in [5, 5.41) is 12.7. The van der Waals surface area contributed by atoms with Crippen LogP contribution in [0.1, 0.15) is 37.4 Å². The van der Waals surface area contributed by atoms with Gasteiger partial charge in [-0.1, -0.05) is 18.2 Å². The molecule has 2 aromatic carbocycles. The number of benzene rings is 2. The number of ether oxygens (including phenoxy) is 1. The van der Waals surface area contributed by atoms with E-state index in [0.29, 0.717) is 26.3 Å². The Kier molecular flexibility index (Phi) is 6.75. The minimum absolute atomic E-state index is 0.00402. The van der Waals surface area contributed by atoms with Crippen LogP contribution in [0.3, 0.4) is 0 Å². The van der Waals surface area contributed by atoms with Gasteiger partial charge in [-0.3, -0.25) is 4.79 Å². The lowest BCUT2D eigenvalue weighted by Crippen LogP contribution is -2.50. The lowest BCUT2D eigenvalue weighted by atomic mass is 10.0. The van der Waals surface area contributed by atoms with E-state index in [1.54, 1.807) is 18.3 Å². The molecule has 0 saturated carbocycles. The molecule has 2 atom stereocenters. The summed E-state index contributed by atoms with van der Waals surface area (Å²) in [5.74, 6) is -2.70. The summed E-state index contributed by atoms with van der Waals surface area (Å²) in [7, 11) is 0. The number of alkyl halides is 2. The van der Waals surface area contributed by atoms with Gasteiger partial charge in [0.15, 0.2) is 0 Å². The highest BCUT2D eigenvalue weighted by Gasteiger charge is 2.30. The van der Waals surface area contributed by atoms with E-state index >= 15 is 0 Å². The standard InChI is InChI=1S/C27H31F2N5O2/c1-18(19-4-3-5-21(14-19)27(2,28)29)31-25-16-30-32-24-7-6-22(15-23(24)25)33-9-11-34(12-10-33)26(35)20-8-13-36-17-20/h3-7,14-16,18,20H,8-13,17H2,1-2H3,(H,31,32)/t18-,20?/m1/s1. The molecule has 3 aromatic rings. The van der Waals surface area contributed by atoms with E-state index < -0.39 is 5.92 Å². The highest BCUT2D eigenvalue weighted by Crippen LogP contribution is 2.32. The fraction of sp³-hybridized carbons (Fsp3) is 0.444. The topological polar surface area (TPSA) is 70.6 Å². The third kappa shape index (κ3) is 5.11. The van der Waals surface area contributed by atoms with Crippen LogP contribution < -0.4 is 10.2 Å². The Bertz CT molecular complexity index is 1230. The van der Waals surface area contributed by atoms with Gasteiger partial charge in [-0.05, 0) is 43.2 Å². The quantitative estimate of drug-likeness (QED) is 0.539. The minimum atomic E-state index is -2.89. The van der Waals surface area contributed by atoms with E-state index in [1.807, 2.05) is 30.0 Å². The van der Waals surface area contributed by atoms with Crippen molar-refractivity contribution in [2.24, 2.45) is 5.92 Å². The first-order valence-corrected chi connectivity index (χ1v) is 12.4. The second kappa shape index (κ2) is 9.97. The van der Waals surface area contributed by atoms with Crippen LogP contribution in [0.25, 0.3) is 10.9 Å². The number of nitrogens with one attached hydrogen (secondary N) is 1. The predicted octanol–water partition coefficient (Wildman–Crippen LogP) is 4.60. The molecule has 3 heterocycles. The maximum absolute atomic E-state index is 13.8. The molecule has 2 fully saturated rings. The number of halogens is 2. The molecule has 2 aliphatic heterocycles. The Morgan fingerprint density at radius 3 is 2.69 bits per heavy atom. The van der Waals surface area contributed by atoms with Crippen molar-refractivity contribution in [3.8, 4) is 0 Å². The van der Waals surface area contributed by atoms with Crippen molar-refractivity contribution in [2.75, 3.05) is 49.6 Å². The molecular weight excluding hydrogens is 464 g/mol. The van der Waals surface area contributed by atoms with Gasteiger partial charge in [0.2, 0.25) is 5.91 Å². The van der Waals surface area contributed by atoms with Gasteiger partial charge >= 0.3 is 0 Å². The van der Waals surface area contributed by atoms with Crippen LogP contribution in [0.15, 0.2) is 48.7 Å². The molecule has 190 valence electrons. The van der Waals surface area contributed by atoms with E-state index in [2.05, 4.69) is 26.5 Å². The van der Waals surface area contributed by atoms with Crippen LogP contribution in [0.4, 0.5) is 20.2 Å². The third-order valence-corrected chi connectivity index (χ3v) is 7.12. The predicted molar refractivity (Wildman–Crippen MR) is 135 cm³/mol. The summed E-state index contributed by atoms with van der Waals surface area (Å²) in [5.41, 5.74) is 3.35. The van der Waals surface area contributed by atoms with Crippen LogP contribution >= 0.6 is 0 Å². The SMILES string of the molecule is C[C@@H](Nc1cnnc2ccc(N3CCN(C(=O)C4CCOC4)CC3)cc12)c1cccc(C(C)(F)F)c1. The van der Waals surface area contributed by atoms with Crippen LogP contribution in [0.5, 0.6) is 0 Å². The molecule has 1 unspecified atom stereocenters. The largest absolute Gasteiger partial charge is 0.381 e. The molecule has 1 amide bonds. The number of hydrogen-bond acceptors (Lipinski definition) is 6. The van der Waals surface area contributed by atoms with Crippen LogP contribution in [-0.2, 0) is 15.5 Å². The van der Waals surface area contributed by atoms with E-state index in [9.17, 15) is 13.6 Å². The Labute approximate surface area is 209 Å². The zero-order valence-electron chi connectivity index (χ0n) is 20.6. The summed E-state index contributed by atoms with van der Waals surface area (Å²) in [6, 6.07) is 12.3. The summed E-state index contributed by atoms with van der Waals surface area (Å²) in [6.07, 6.45) is 2.48. The van der Waals surface area contributed by atoms with Crippen molar-refractivity contribution in [2.45, 2.75) is 32.2 Å². The molecule has 1 N–H and O–H groups in total. The minimum Gasteiger partial charge on any atom is -0.381 e. The number of aromatic nitrogens is 2. The number of anilines is 2. The molecule has 9 heteroatoms. The number of carbonyl (C=O) groups excluding carboxylic acids is 1. The van der Waals surface area contributed by atoms with E-state index in [4.69, 9.17) is 4.74 Å². The van der Waals surface area contributed by atoms with Crippen LogP contribution in [-0.4, -0.2) is 60.4 Å². The Morgan fingerprint density at radius 1 is 1.17 bits per heavy atom. The molecule has 7 nitrogen and oxygen atoms in total. The summed E-state index contributed by atoms with van der Waals surface area (Å²) in [6.45, 7) is 6.91. The summed E-state index contributed by atoms with van der Waals surface area (Å²) in [4.78, 5) is 16.9. The molecule has 5 rings (SSSR count). The number of nitrogens with zero attached hydrogens (tertiary/aromatic N) is 4. The van der Waals surface area contributed by atoms with Gasteiger partial charge in [-0.2, -0.15) is 10.2 Å². The first kappa shape index (κ1) is 24.4. The zero-order chi connectivity index (χ0) is 25.3. The maximum Gasteiger partial charge on any atom is 0.270 e. The molecule has 0 bridgehead atoms. The third-order valence-electron chi connectivity index (χ3n) is 7.12. The van der Waals surface area contributed by atoms with E-state index in [1.165, 1.54) is 6.07 Å². The first-order valence-electron chi connectivity index (χ1n) is 12.4. The summed E-state index contributed by atoms with van der Waals surface area (Å²) >= 11 is 0. The Balaban J connectivity index is 1.32. The maximum atomic E-state index is 13.8. The van der Waals surface area contributed by atoms with E-state index in [-0.39, 0.29) is 23.4 Å².